The van der Waals surface area contributed by atoms with Crippen molar-refractivity contribution in [1.29, 1.82) is 0 Å². The highest BCUT2D eigenvalue weighted by Crippen LogP contribution is 2.64. The van der Waals surface area contributed by atoms with Crippen molar-refractivity contribution in [3.8, 4) is 5.75 Å². The average molecular weight is 378 g/mol. The summed E-state index contributed by atoms with van der Waals surface area (Å²) in [6, 6.07) is 7.75. The van der Waals surface area contributed by atoms with Crippen molar-refractivity contribution >= 4 is 27.5 Å². The maximum atomic E-state index is 13.2. The van der Waals surface area contributed by atoms with E-state index in [2.05, 4.69) is 21.2 Å². The van der Waals surface area contributed by atoms with Crippen molar-refractivity contribution in [2.75, 3.05) is 11.9 Å². The Hall–Kier alpha value is -1.03. The molecule has 1 aromatic carbocycles. The Labute approximate surface area is 146 Å². The van der Waals surface area contributed by atoms with Crippen molar-refractivity contribution in [3.05, 3.63) is 24.3 Å². The van der Waals surface area contributed by atoms with Crippen molar-refractivity contribution in [2.45, 2.75) is 49.8 Å². The number of benzene rings is 1. The van der Waals surface area contributed by atoms with E-state index in [1.807, 2.05) is 31.2 Å². The van der Waals surface area contributed by atoms with Gasteiger partial charge in [0.25, 0.3) is 0 Å². The molecule has 3 nitrogen and oxygen atoms in total. The Morgan fingerprint density at radius 2 is 1.96 bits per heavy atom. The summed E-state index contributed by atoms with van der Waals surface area (Å²) < 4.78 is 5.85. The smallest absolute Gasteiger partial charge is 0.230 e. The van der Waals surface area contributed by atoms with Crippen LogP contribution >= 0.6 is 15.9 Å². The quantitative estimate of drug-likeness (QED) is 0.768. The molecule has 1 N–H and O–H groups in total. The summed E-state index contributed by atoms with van der Waals surface area (Å²) in [6.07, 6.45) is 6.90. The molecule has 23 heavy (non-hydrogen) atoms. The maximum Gasteiger partial charge on any atom is 0.230 e. The van der Waals surface area contributed by atoms with Crippen molar-refractivity contribution < 1.29 is 9.53 Å². The summed E-state index contributed by atoms with van der Waals surface area (Å²) in [5.41, 5.74) is 0.617. The second-order valence-corrected chi connectivity index (χ2v) is 9.46. The van der Waals surface area contributed by atoms with Crippen molar-refractivity contribution in [3.63, 3.8) is 0 Å². The fourth-order valence-corrected chi connectivity index (χ4v) is 6.97. The summed E-state index contributed by atoms with van der Waals surface area (Å²) in [6.45, 7) is 2.57. The number of anilines is 1. The normalized spacial score (nSPS) is 37.7. The van der Waals surface area contributed by atoms with E-state index in [0.717, 1.165) is 30.7 Å². The standard InChI is InChI=1S/C19H24BrNO2/c1-2-23-16-6-4-3-5-15(16)21-17(22)18-8-13-7-14(9-18)11-19(20,10-13)12-18/h3-6,13-14H,2,7-12H2,1H3,(H,21,22)/t13-,14+,18?,19?. The largest absolute Gasteiger partial charge is 0.492 e. The molecule has 124 valence electrons. The van der Waals surface area contributed by atoms with Crippen LogP contribution in [0.25, 0.3) is 0 Å². The van der Waals surface area contributed by atoms with Crippen molar-refractivity contribution in [2.24, 2.45) is 17.3 Å². The summed E-state index contributed by atoms with van der Waals surface area (Å²) in [7, 11) is 0. The van der Waals surface area contributed by atoms with Crippen LogP contribution in [0.1, 0.15) is 45.4 Å². The first-order chi connectivity index (χ1) is 11.0. The van der Waals surface area contributed by atoms with Crippen LogP contribution in [0.3, 0.4) is 0 Å². The predicted octanol–water partition coefficient (Wildman–Crippen LogP) is 4.76. The number of alkyl halides is 1. The van der Waals surface area contributed by atoms with E-state index in [-0.39, 0.29) is 15.6 Å². The van der Waals surface area contributed by atoms with Crippen LogP contribution in [-0.2, 0) is 4.79 Å². The summed E-state index contributed by atoms with van der Waals surface area (Å²) in [5.74, 6) is 2.39. The highest BCUT2D eigenvalue weighted by molar-refractivity contribution is 9.10. The van der Waals surface area contributed by atoms with E-state index >= 15 is 0 Å². The highest BCUT2D eigenvalue weighted by atomic mass is 79.9. The van der Waals surface area contributed by atoms with E-state index in [0.29, 0.717) is 18.4 Å². The molecule has 0 aliphatic heterocycles. The minimum atomic E-state index is -0.188. The van der Waals surface area contributed by atoms with Gasteiger partial charge in [-0.2, -0.15) is 0 Å². The molecule has 1 amide bonds. The number of rotatable bonds is 4. The number of para-hydroxylation sites is 2. The van der Waals surface area contributed by atoms with E-state index in [4.69, 9.17) is 4.74 Å². The third-order valence-corrected chi connectivity index (χ3v) is 6.83. The second kappa shape index (κ2) is 5.51. The van der Waals surface area contributed by atoms with Gasteiger partial charge in [0.05, 0.1) is 17.7 Å². The lowest BCUT2D eigenvalue weighted by Crippen LogP contribution is -2.57. The molecule has 2 unspecified atom stereocenters. The zero-order valence-corrected chi connectivity index (χ0v) is 15.2. The van der Waals surface area contributed by atoms with Crippen LogP contribution in [0.2, 0.25) is 0 Å². The van der Waals surface area contributed by atoms with Gasteiger partial charge in [-0.25, -0.2) is 0 Å². The molecule has 1 aromatic rings. The number of halogens is 1. The Bertz CT molecular complexity index is 616. The van der Waals surface area contributed by atoms with Crippen molar-refractivity contribution in [1.82, 2.24) is 0 Å². The Kier molecular flexibility index (Phi) is 3.71. The zero-order chi connectivity index (χ0) is 16.1. The predicted molar refractivity (Wildman–Crippen MR) is 95.0 cm³/mol. The van der Waals surface area contributed by atoms with E-state index in [1.54, 1.807) is 0 Å². The van der Waals surface area contributed by atoms with Crippen LogP contribution in [-0.4, -0.2) is 16.8 Å². The minimum Gasteiger partial charge on any atom is -0.492 e. The van der Waals surface area contributed by atoms with E-state index < -0.39 is 0 Å². The molecule has 0 radical (unpaired) electrons. The van der Waals surface area contributed by atoms with E-state index in [1.165, 1.54) is 19.3 Å². The number of nitrogens with one attached hydrogen (secondary N) is 1. The summed E-state index contributed by atoms with van der Waals surface area (Å²) >= 11 is 3.98. The summed E-state index contributed by atoms with van der Waals surface area (Å²) in [4.78, 5) is 13.2. The number of amides is 1. The fraction of sp³-hybridized carbons (Fsp3) is 0.632. The van der Waals surface area contributed by atoms with Gasteiger partial charge in [0, 0.05) is 4.32 Å². The topological polar surface area (TPSA) is 38.3 Å². The SMILES string of the molecule is CCOc1ccccc1NC(=O)C12C[C@@H]3C[C@@H](CC(Br)(C3)C1)C2. The molecule has 0 heterocycles. The number of hydrogen-bond donors (Lipinski definition) is 1. The minimum absolute atomic E-state index is 0.188. The molecule has 4 fully saturated rings. The lowest BCUT2D eigenvalue weighted by Gasteiger charge is -2.59. The molecule has 4 bridgehead atoms. The molecule has 5 rings (SSSR count). The van der Waals surface area contributed by atoms with Crippen LogP contribution in [0, 0.1) is 17.3 Å². The molecule has 4 heteroatoms. The Balaban J connectivity index is 1.58. The molecule has 4 aliphatic rings. The second-order valence-electron chi connectivity index (χ2n) is 7.78. The average Bonchev–Trinajstić information content (AvgIpc) is 2.47. The van der Waals surface area contributed by atoms with Gasteiger partial charge < -0.3 is 10.1 Å². The Morgan fingerprint density at radius 3 is 2.61 bits per heavy atom. The first-order valence-electron chi connectivity index (χ1n) is 8.74. The molecule has 4 aliphatic carbocycles. The highest BCUT2D eigenvalue weighted by Gasteiger charge is 2.59. The molecular weight excluding hydrogens is 354 g/mol. The van der Waals surface area contributed by atoms with Crippen LogP contribution in [0.5, 0.6) is 5.75 Å². The third kappa shape index (κ3) is 2.69. The third-order valence-electron chi connectivity index (χ3n) is 5.91. The van der Waals surface area contributed by atoms with Gasteiger partial charge in [-0.3, -0.25) is 4.79 Å². The van der Waals surface area contributed by atoms with Gasteiger partial charge in [-0.1, -0.05) is 28.1 Å². The summed E-state index contributed by atoms with van der Waals surface area (Å²) in [5, 5.41) is 3.18. The molecular formula is C19H24BrNO2. The van der Waals surface area contributed by atoms with Crippen LogP contribution in [0.15, 0.2) is 24.3 Å². The fourth-order valence-electron chi connectivity index (χ4n) is 5.52. The zero-order valence-electron chi connectivity index (χ0n) is 13.6. The number of carbonyl (C=O) groups excluding carboxylic acids is 1. The molecule has 0 spiro atoms. The first-order valence-corrected chi connectivity index (χ1v) is 9.53. The molecule has 0 saturated heterocycles. The van der Waals surface area contributed by atoms with Crippen LogP contribution in [0.4, 0.5) is 5.69 Å². The number of ether oxygens (including phenoxy) is 1. The first kappa shape index (κ1) is 15.5. The lowest BCUT2D eigenvalue weighted by molar-refractivity contribution is -0.138. The lowest BCUT2D eigenvalue weighted by atomic mass is 9.49. The molecule has 4 saturated carbocycles. The Morgan fingerprint density at radius 1 is 1.26 bits per heavy atom. The van der Waals surface area contributed by atoms with Gasteiger partial charge in [0.15, 0.2) is 0 Å². The molecule has 0 aromatic heterocycles. The van der Waals surface area contributed by atoms with Crippen LogP contribution < -0.4 is 10.1 Å². The maximum absolute atomic E-state index is 13.2. The number of carbonyl (C=O) groups is 1. The van der Waals surface area contributed by atoms with Gasteiger partial charge in [-0.05, 0) is 69.4 Å². The monoisotopic (exact) mass is 377 g/mol. The molecule has 4 atom stereocenters. The number of hydrogen-bond acceptors (Lipinski definition) is 2. The van der Waals surface area contributed by atoms with Gasteiger partial charge in [-0.15, -0.1) is 0 Å². The van der Waals surface area contributed by atoms with E-state index in [9.17, 15) is 4.79 Å². The van der Waals surface area contributed by atoms with Gasteiger partial charge in [0.2, 0.25) is 5.91 Å². The van der Waals surface area contributed by atoms with Gasteiger partial charge in [0.1, 0.15) is 5.75 Å². The van der Waals surface area contributed by atoms with Gasteiger partial charge >= 0.3 is 0 Å².